The van der Waals surface area contributed by atoms with Crippen molar-refractivity contribution >= 4 is 39.2 Å². The van der Waals surface area contributed by atoms with Gasteiger partial charge >= 0.3 is 0 Å². The van der Waals surface area contributed by atoms with Gasteiger partial charge in [-0.05, 0) is 63.4 Å². The average molecular weight is 434 g/mol. The molecule has 3 heterocycles. The number of carbonyl (C=O) groups is 1. The molecule has 0 saturated carbocycles. The van der Waals surface area contributed by atoms with Gasteiger partial charge in [-0.3, -0.25) is 14.2 Å². The molecule has 0 spiro atoms. The molecular weight excluding hydrogens is 402 g/mol. The van der Waals surface area contributed by atoms with E-state index in [9.17, 15) is 9.59 Å². The molecule has 2 atom stereocenters. The normalized spacial score (nSPS) is 21.4. The van der Waals surface area contributed by atoms with Crippen molar-refractivity contribution < 1.29 is 4.79 Å². The summed E-state index contributed by atoms with van der Waals surface area (Å²) in [6.07, 6.45) is 5.32. The molecule has 5 nitrogen and oxygen atoms in total. The summed E-state index contributed by atoms with van der Waals surface area (Å²) >= 11 is 3.12. The van der Waals surface area contributed by atoms with E-state index in [-0.39, 0.29) is 16.7 Å². The van der Waals surface area contributed by atoms with Crippen LogP contribution in [-0.4, -0.2) is 38.7 Å². The van der Waals surface area contributed by atoms with Gasteiger partial charge in [0, 0.05) is 24.5 Å². The van der Waals surface area contributed by atoms with Crippen molar-refractivity contribution in [3.8, 4) is 0 Å². The molecule has 2 aromatic rings. The minimum atomic E-state index is -0.236. The lowest BCUT2D eigenvalue weighted by Crippen LogP contribution is -2.42. The summed E-state index contributed by atoms with van der Waals surface area (Å²) in [5.74, 6) is 1.53. The molecule has 2 aromatic heterocycles. The number of likely N-dealkylation sites (tertiary alicyclic amines) is 1. The van der Waals surface area contributed by atoms with E-state index in [2.05, 4.69) is 13.8 Å². The zero-order valence-corrected chi connectivity index (χ0v) is 19.5. The highest BCUT2D eigenvalue weighted by Gasteiger charge is 2.28. The molecule has 4 rings (SSSR count). The number of thiophene rings is 1. The van der Waals surface area contributed by atoms with Crippen LogP contribution in [0.4, 0.5) is 0 Å². The fourth-order valence-electron chi connectivity index (χ4n) is 4.47. The lowest BCUT2D eigenvalue weighted by Gasteiger charge is -2.32. The van der Waals surface area contributed by atoms with Crippen LogP contribution >= 0.6 is 23.1 Å². The molecule has 2 unspecified atom stereocenters. The van der Waals surface area contributed by atoms with Crippen LogP contribution in [0.3, 0.4) is 0 Å². The summed E-state index contributed by atoms with van der Waals surface area (Å²) < 4.78 is 1.76. The smallest absolute Gasteiger partial charge is 0.263 e. The Morgan fingerprint density at radius 3 is 2.66 bits per heavy atom. The van der Waals surface area contributed by atoms with E-state index in [0.29, 0.717) is 23.5 Å². The molecule has 1 aliphatic carbocycles. The van der Waals surface area contributed by atoms with Crippen LogP contribution in [0.25, 0.3) is 10.2 Å². The third-order valence-corrected chi connectivity index (χ3v) is 8.65. The van der Waals surface area contributed by atoms with Gasteiger partial charge in [0.15, 0.2) is 5.16 Å². The first-order valence-electron chi connectivity index (χ1n) is 10.9. The van der Waals surface area contributed by atoms with Crippen molar-refractivity contribution in [2.75, 3.05) is 13.1 Å². The maximum atomic E-state index is 13.3. The van der Waals surface area contributed by atoms with Crippen molar-refractivity contribution in [2.45, 2.75) is 76.8 Å². The molecule has 0 bridgehead atoms. The number of fused-ring (bicyclic) bond motifs is 3. The first-order valence-corrected chi connectivity index (χ1v) is 12.6. The predicted molar refractivity (Wildman–Crippen MR) is 121 cm³/mol. The van der Waals surface area contributed by atoms with Crippen molar-refractivity contribution in [3.05, 3.63) is 20.8 Å². The largest absolute Gasteiger partial charge is 0.342 e. The molecule has 1 fully saturated rings. The monoisotopic (exact) mass is 433 g/mol. The van der Waals surface area contributed by atoms with Gasteiger partial charge in [0.05, 0.1) is 10.6 Å². The van der Waals surface area contributed by atoms with E-state index in [1.165, 1.54) is 22.2 Å². The van der Waals surface area contributed by atoms with Gasteiger partial charge in [0.1, 0.15) is 4.83 Å². The molecule has 2 aliphatic rings. The molecule has 1 amide bonds. The van der Waals surface area contributed by atoms with Crippen molar-refractivity contribution in [1.29, 1.82) is 0 Å². The number of aryl methyl sites for hydroxylation is 1. The number of thioether (sulfide) groups is 1. The molecule has 1 saturated heterocycles. The highest BCUT2D eigenvalue weighted by molar-refractivity contribution is 8.00. The Bertz CT molecular complexity index is 973. The topological polar surface area (TPSA) is 55.2 Å². The van der Waals surface area contributed by atoms with Crippen LogP contribution in [0.2, 0.25) is 0 Å². The van der Waals surface area contributed by atoms with Crippen LogP contribution in [0, 0.1) is 11.8 Å². The average Bonchev–Trinajstić information content (AvgIpc) is 3.05. The lowest BCUT2D eigenvalue weighted by molar-refractivity contribution is -0.131. The first-order chi connectivity index (χ1) is 13.9. The lowest BCUT2D eigenvalue weighted by atomic mass is 9.89. The molecule has 1 aliphatic heterocycles. The Morgan fingerprint density at radius 2 is 1.97 bits per heavy atom. The summed E-state index contributed by atoms with van der Waals surface area (Å²) in [6.45, 7) is 10.7. The van der Waals surface area contributed by atoms with Crippen LogP contribution in [0.15, 0.2) is 9.95 Å². The Balaban J connectivity index is 1.63. The van der Waals surface area contributed by atoms with E-state index >= 15 is 0 Å². The maximum absolute atomic E-state index is 13.3. The number of piperidine rings is 1. The van der Waals surface area contributed by atoms with Crippen molar-refractivity contribution in [1.82, 2.24) is 14.5 Å². The second kappa shape index (κ2) is 8.42. The minimum absolute atomic E-state index is 0.0681. The summed E-state index contributed by atoms with van der Waals surface area (Å²) in [5, 5.41) is 1.27. The van der Waals surface area contributed by atoms with Crippen LogP contribution < -0.4 is 5.56 Å². The predicted octanol–water partition coefficient (Wildman–Crippen LogP) is 4.34. The van der Waals surface area contributed by atoms with Crippen LogP contribution in [-0.2, 0) is 24.2 Å². The Morgan fingerprint density at radius 1 is 1.24 bits per heavy atom. The first kappa shape index (κ1) is 20.9. The second-order valence-electron chi connectivity index (χ2n) is 8.74. The molecule has 29 heavy (non-hydrogen) atoms. The number of carbonyl (C=O) groups excluding carboxylic acids is 1. The number of nitrogens with zero attached hydrogens (tertiary/aromatic N) is 3. The molecule has 158 valence electrons. The van der Waals surface area contributed by atoms with Gasteiger partial charge in [-0.1, -0.05) is 25.6 Å². The minimum Gasteiger partial charge on any atom is -0.342 e. The van der Waals surface area contributed by atoms with E-state index < -0.39 is 0 Å². The third kappa shape index (κ3) is 4.00. The van der Waals surface area contributed by atoms with Crippen molar-refractivity contribution in [3.63, 3.8) is 0 Å². The molecular formula is C22H31N3O2S2. The highest BCUT2D eigenvalue weighted by Crippen LogP contribution is 2.37. The fourth-order valence-corrected chi connectivity index (χ4v) is 6.95. The summed E-state index contributed by atoms with van der Waals surface area (Å²) in [5.41, 5.74) is 1.30. The second-order valence-corrected chi connectivity index (χ2v) is 11.1. The number of rotatable bonds is 4. The SMILES string of the molecule is CCn1c(SC(C)C(=O)N2CCC(C)CC2)nc2sc3c(c2c1=O)CCC(C)C3. The van der Waals surface area contributed by atoms with E-state index in [4.69, 9.17) is 4.98 Å². The van der Waals surface area contributed by atoms with Crippen LogP contribution in [0.1, 0.15) is 57.4 Å². The quantitative estimate of drug-likeness (QED) is 0.532. The van der Waals surface area contributed by atoms with Gasteiger partial charge in [-0.25, -0.2) is 4.98 Å². The number of hydrogen-bond acceptors (Lipinski definition) is 5. The standard InChI is InChI=1S/C22H31N3O2S2/c1-5-25-21(27)18-16-7-6-14(3)12-17(16)29-19(18)23-22(25)28-15(4)20(26)24-10-8-13(2)9-11-24/h13-15H,5-12H2,1-4H3. The zero-order chi connectivity index (χ0) is 20.7. The number of hydrogen-bond donors (Lipinski definition) is 0. The van der Waals surface area contributed by atoms with E-state index in [1.54, 1.807) is 15.9 Å². The Hall–Kier alpha value is -1.34. The molecule has 0 radical (unpaired) electrons. The number of aromatic nitrogens is 2. The van der Waals surface area contributed by atoms with Gasteiger partial charge in [0.25, 0.3) is 5.56 Å². The number of amides is 1. The van der Waals surface area contributed by atoms with Gasteiger partial charge in [0.2, 0.25) is 5.91 Å². The van der Waals surface area contributed by atoms with E-state index in [0.717, 1.165) is 55.4 Å². The molecule has 0 N–H and O–H groups in total. The fraction of sp³-hybridized carbons (Fsp3) is 0.682. The Kier molecular flexibility index (Phi) is 6.07. The van der Waals surface area contributed by atoms with Gasteiger partial charge in [-0.15, -0.1) is 11.3 Å². The van der Waals surface area contributed by atoms with Gasteiger partial charge in [-0.2, -0.15) is 0 Å². The zero-order valence-electron chi connectivity index (χ0n) is 17.9. The Labute approximate surface area is 180 Å². The molecule has 0 aromatic carbocycles. The highest BCUT2D eigenvalue weighted by atomic mass is 32.2. The molecule has 7 heteroatoms. The third-order valence-electron chi connectivity index (χ3n) is 6.42. The van der Waals surface area contributed by atoms with Crippen LogP contribution in [0.5, 0.6) is 0 Å². The summed E-state index contributed by atoms with van der Waals surface area (Å²) in [7, 11) is 0. The van der Waals surface area contributed by atoms with Crippen molar-refractivity contribution in [2.24, 2.45) is 11.8 Å². The maximum Gasteiger partial charge on any atom is 0.263 e. The summed E-state index contributed by atoms with van der Waals surface area (Å²) in [6, 6.07) is 0. The van der Waals surface area contributed by atoms with E-state index in [1.807, 2.05) is 18.7 Å². The summed E-state index contributed by atoms with van der Waals surface area (Å²) in [4.78, 5) is 35.3. The van der Waals surface area contributed by atoms with Gasteiger partial charge < -0.3 is 4.90 Å².